The zero-order chi connectivity index (χ0) is 22.8. The molecule has 0 saturated carbocycles. The van der Waals surface area contributed by atoms with Crippen LogP contribution in [0, 0.1) is 0 Å². The van der Waals surface area contributed by atoms with Crippen LogP contribution in [0.3, 0.4) is 0 Å². The van der Waals surface area contributed by atoms with Gasteiger partial charge in [-0.05, 0) is 38.2 Å². The fourth-order valence-electron chi connectivity index (χ4n) is 4.13. The van der Waals surface area contributed by atoms with E-state index in [1.165, 1.54) is 31.0 Å². The third-order valence-corrected chi connectivity index (χ3v) is 7.33. The fraction of sp³-hybridized carbons (Fsp3) is 0.625. The molecule has 3 heterocycles. The zero-order valence-electron chi connectivity index (χ0n) is 18.7. The molecule has 0 aromatic carbocycles. The highest BCUT2D eigenvalue weighted by molar-refractivity contribution is 8.26. The van der Waals surface area contributed by atoms with E-state index in [1.807, 2.05) is 18.2 Å². The van der Waals surface area contributed by atoms with Crippen molar-refractivity contribution in [3.05, 3.63) is 22.8 Å². The summed E-state index contributed by atoms with van der Waals surface area (Å²) < 4.78 is 6.60. The predicted octanol–water partition coefficient (Wildman–Crippen LogP) is 6.07. The number of anilines is 1. The van der Waals surface area contributed by atoms with Crippen LogP contribution in [0.25, 0.3) is 6.08 Å². The van der Waals surface area contributed by atoms with Crippen molar-refractivity contribution in [2.45, 2.75) is 77.0 Å². The van der Waals surface area contributed by atoms with Crippen molar-refractivity contribution in [3.63, 3.8) is 0 Å². The number of amides is 1. The van der Waals surface area contributed by atoms with Crippen LogP contribution in [0.2, 0.25) is 0 Å². The molecule has 32 heavy (non-hydrogen) atoms. The fourth-order valence-corrected chi connectivity index (χ4v) is 5.42. The summed E-state index contributed by atoms with van der Waals surface area (Å²) in [7, 11) is 0. The summed E-state index contributed by atoms with van der Waals surface area (Å²) in [5.74, 6) is 0.860. The summed E-state index contributed by atoms with van der Waals surface area (Å²) in [4.78, 5) is 27.9. The Labute approximate surface area is 200 Å². The normalized spacial score (nSPS) is 18.2. The highest BCUT2D eigenvalue weighted by Crippen LogP contribution is 2.34. The molecule has 6 nitrogen and oxygen atoms in total. The van der Waals surface area contributed by atoms with E-state index in [4.69, 9.17) is 21.7 Å². The van der Waals surface area contributed by atoms with Gasteiger partial charge in [0.1, 0.15) is 10.1 Å². The number of thioether (sulfide) groups is 1. The predicted molar refractivity (Wildman–Crippen MR) is 134 cm³/mol. The maximum Gasteiger partial charge on any atom is 0.303 e. The number of carbonyl (C=O) groups is 2. The Bertz CT molecular complexity index is 815. The SMILES string of the molecule is O=C(O)CCCCCCCCCCN1C(=O)/C(=C/c2ccc(N3CCCCC3)o2)SC1=S. The minimum absolute atomic E-state index is 0.0191. The molecular formula is C24H34N2O4S2. The molecule has 0 spiro atoms. The second-order valence-electron chi connectivity index (χ2n) is 8.53. The molecule has 1 amide bonds. The van der Waals surface area contributed by atoms with Gasteiger partial charge in [0.05, 0.1) is 4.91 Å². The van der Waals surface area contributed by atoms with Gasteiger partial charge in [-0.1, -0.05) is 62.5 Å². The van der Waals surface area contributed by atoms with Crippen LogP contribution in [0.5, 0.6) is 0 Å². The molecule has 2 aliphatic heterocycles. The van der Waals surface area contributed by atoms with Crippen molar-refractivity contribution in [1.82, 2.24) is 4.90 Å². The number of unbranched alkanes of at least 4 members (excludes halogenated alkanes) is 7. The first-order valence-electron chi connectivity index (χ1n) is 11.9. The Kier molecular flexibility index (Phi) is 10.1. The van der Waals surface area contributed by atoms with Crippen molar-refractivity contribution in [2.24, 2.45) is 0 Å². The summed E-state index contributed by atoms with van der Waals surface area (Å²) in [6.45, 7) is 2.72. The van der Waals surface area contributed by atoms with E-state index in [2.05, 4.69) is 4.90 Å². The lowest BCUT2D eigenvalue weighted by atomic mass is 10.1. The molecule has 1 aromatic rings. The Morgan fingerprint density at radius 3 is 2.38 bits per heavy atom. The summed E-state index contributed by atoms with van der Waals surface area (Å²) in [5.41, 5.74) is 0. The van der Waals surface area contributed by atoms with Gasteiger partial charge in [0.15, 0.2) is 5.88 Å². The third-order valence-electron chi connectivity index (χ3n) is 5.95. The van der Waals surface area contributed by atoms with Gasteiger partial charge in [-0.25, -0.2) is 0 Å². The van der Waals surface area contributed by atoms with Crippen LogP contribution in [-0.2, 0) is 9.59 Å². The van der Waals surface area contributed by atoms with E-state index in [9.17, 15) is 9.59 Å². The highest BCUT2D eigenvalue weighted by atomic mass is 32.2. The molecular weight excluding hydrogens is 444 g/mol. The molecule has 1 N–H and O–H groups in total. The molecule has 0 radical (unpaired) electrons. The molecule has 2 fully saturated rings. The van der Waals surface area contributed by atoms with Crippen LogP contribution < -0.4 is 4.90 Å². The van der Waals surface area contributed by atoms with Gasteiger partial charge in [0.25, 0.3) is 5.91 Å². The van der Waals surface area contributed by atoms with Gasteiger partial charge in [0, 0.05) is 38.2 Å². The number of carbonyl (C=O) groups excluding carboxylic acids is 1. The Hall–Kier alpha value is -1.80. The van der Waals surface area contributed by atoms with Gasteiger partial charge in [-0.15, -0.1) is 0 Å². The number of aliphatic carboxylic acids is 1. The maximum atomic E-state index is 12.8. The molecule has 2 saturated heterocycles. The highest BCUT2D eigenvalue weighted by Gasteiger charge is 2.31. The molecule has 3 rings (SSSR count). The van der Waals surface area contributed by atoms with Crippen LogP contribution in [0.1, 0.15) is 82.8 Å². The first kappa shape index (κ1) is 24.8. The molecule has 176 valence electrons. The Balaban J connectivity index is 1.35. The monoisotopic (exact) mass is 478 g/mol. The van der Waals surface area contributed by atoms with E-state index in [0.717, 1.165) is 70.3 Å². The van der Waals surface area contributed by atoms with Gasteiger partial charge in [0.2, 0.25) is 0 Å². The van der Waals surface area contributed by atoms with Crippen LogP contribution in [-0.4, -0.2) is 45.8 Å². The van der Waals surface area contributed by atoms with Crippen molar-refractivity contribution in [3.8, 4) is 0 Å². The van der Waals surface area contributed by atoms with Crippen molar-refractivity contribution >= 4 is 52.1 Å². The summed E-state index contributed by atoms with van der Waals surface area (Å²) >= 11 is 6.80. The summed E-state index contributed by atoms with van der Waals surface area (Å²) in [6, 6.07) is 3.92. The molecule has 8 heteroatoms. The lowest BCUT2D eigenvalue weighted by molar-refractivity contribution is -0.137. The Morgan fingerprint density at radius 2 is 1.69 bits per heavy atom. The van der Waals surface area contributed by atoms with Gasteiger partial charge in [-0.3, -0.25) is 14.5 Å². The molecule has 0 unspecified atom stereocenters. The number of rotatable bonds is 13. The van der Waals surface area contributed by atoms with E-state index >= 15 is 0 Å². The minimum atomic E-state index is -0.707. The van der Waals surface area contributed by atoms with E-state index in [-0.39, 0.29) is 12.3 Å². The number of carboxylic acid groups (broad SMARTS) is 1. The topological polar surface area (TPSA) is 74.0 Å². The molecule has 0 aliphatic carbocycles. The summed E-state index contributed by atoms with van der Waals surface area (Å²) in [6.07, 6.45) is 14.1. The largest absolute Gasteiger partial charge is 0.481 e. The van der Waals surface area contributed by atoms with E-state index < -0.39 is 5.97 Å². The number of hydrogen-bond acceptors (Lipinski definition) is 6. The first-order valence-corrected chi connectivity index (χ1v) is 13.1. The quantitative estimate of drug-likeness (QED) is 0.210. The summed E-state index contributed by atoms with van der Waals surface area (Å²) in [5, 5.41) is 8.63. The zero-order valence-corrected chi connectivity index (χ0v) is 20.4. The van der Waals surface area contributed by atoms with Crippen molar-refractivity contribution in [1.29, 1.82) is 0 Å². The van der Waals surface area contributed by atoms with Crippen molar-refractivity contribution < 1.29 is 19.1 Å². The van der Waals surface area contributed by atoms with Crippen LogP contribution >= 0.6 is 24.0 Å². The number of thiocarbonyl (C=S) groups is 1. The molecule has 2 aliphatic rings. The standard InChI is InChI=1S/C24H34N2O4S2/c27-22(28)12-8-5-3-1-2-4-6-11-17-26-23(29)20(32-24(26)31)18-19-13-14-21(30-19)25-15-9-7-10-16-25/h13-14,18H,1-12,15-17H2,(H,27,28)/b20-18-. The van der Waals surface area contributed by atoms with Gasteiger partial charge < -0.3 is 14.4 Å². The van der Waals surface area contributed by atoms with Gasteiger partial charge in [-0.2, -0.15) is 0 Å². The number of furan rings is 1. The smallest absolute Gasteiger partial charge is 0.303 e. The lowest BCUT2D eigenvalue weighted by Gasteiger charge is -2.25. The second kappa shape index (κ2) is 13.0. The second-order valence-corrected chi connectivity index (χ2v) is 10.2. The maximum absolute atomic E-state index is 12.8. The molecule has 0 atom stereocenters. The first-order chi connectivity index (χ1) is 15.5. The lowest BCUT2D eigenvalue weighted by Crippen LogP contribution is -2.29. The van der Waals surface area contributed by atoms with Crippen molar-refractivity contribution in [2.75, 3.05) is 24.5 Å². The van der Waals surface area contributed by atoms with E-state index in [1.54, 1.807) is 4.90 Å². The number of nitrogens with zero attached hydrogens (tertiary/aromatic N) is 2. The number of piperidine rings is 1. The molecule has 1 aromatic heterocycles. The van der Waals surface area contributed by atoms with Gasteiger partial charge >= 0.3 is 5.97 Å². The molecule has 0 bridgehead atoms. The average molecular weight is 479 g/mol. The van der Waals surface area contributed by atoms with E-state index in [0.29, 0.717) is 21.5 Å². The Morgan fingerprint density at radius 1 is 1.03 bits per heavy atom. The number of carboxylic acids is 1. The minimum Gasteiger partial charge on any atom is -0.481 e. The van der Waals surface area contributed by atoms with Crippen LogP contribution in [0.4, 0.5) is 5.88 Å². The van der Waals surface area contributed by atoms with Crippen LogP contribution in [0.15, 0.2) is 21.5 Å². The third kappa shape index (κ3) is 7.66. The number of hydrogen-bond donors (Lipinski definition) is 1. The average Bonchev–Trinajstić information content (AvgIpc) is 3.35.